The van der Waals surface area contributed by atoms with Gasteiger partial charge in [0.15, 0.2) is 12.1 Å². The fraction of sp³-hybridized carbons (Fsp3) is 0.278. The fourth-order valence-corrected chi connectivity index (χ4v) is 2.47. The van der Waals surface area contributed by atoms with E-state index in [-0.39, 0.29) is 12.6 Å². The zero-order valence-electron chi connectivity index (χ0n) is 14.8. The van der Waals surface area contributed by atoms with E-state index in [0.717, 1.165) is 5.56 Å². The maximum absolute atomic E-state index is 11.3. The molecule has 3 aromatic rings. The molecule has 0 saturated heterocycles. The molecule has 3 rings (SSSR count). The normalized spacial score (nSPS) is 10.8. The zero-order chi connectivity index (χ0) is 18.5. The van der Waals surface area contributed by atoms with E-state index in [4.69, 9.17) is 9.47 Å². The van der Waals surface area contributed by atoms with Gasteiger partial charge in [0.2, 0.25) is 5.88 Å². The van der Waals surface area contributed by atoms with Gasteiger partial charge in [-0.05, 0) is 19.9 Å². The first kappa shape index (κ1) is 17.5. The number of carbonyl (C=O) groups excluding carboxylic acids is 1. The standard InChI is InChI=1S/C18H19N5O3/c1-12(2)23-18(21-11-22-23)17-13(5-4-6-19-17)10-26-15-8-20-16(25-3)7-14(15)9-24/h4-9,11-12H,10H2,1-3H3. The zero-order valence-corrected chi connectivity index (χ0v) is 14.8. The average Bonchev–Trinajstić information content (AvgIpc) is 3.16. The first-order valence-corrected chi connectivity index (χ1v) is 8.09. The molecule has 0 aliphatic carbocycles. The Bertz CT molecular complexity index is 907. The molecule has 0 N–H and O–H groups in total. The van der Waals surface area contributed by atoms with Crippen molar-refractivity contribution in [1.82, 2.24) is 24.7 Å². The summed E-state index contributed by atoms with van der Waals surface area (Å²) in [5.74, 6) is 1.40. The van der Waals surface area contributed by atoms with Crippen molar-refractivity contribution in [2.45, 2.75) is 26.5 Å². The van der Waals surface area contributed by atoms with Gasteiger partial charge in [0.1, 0.15) is 24.4 Å². The van der Waals surface area contributed by atoms with E-state index >= 15 is 0 Å². The van der Waals surface area contributed by atoms with Crippen LogP contribution in [0, 0.1) is 0 Å². The molecule has 0 unspecified atom stereocenters. The Morgan fingerprint density at radius 1 is 1.27 bits per heavy atom. The van der Waals surface area contributed by atoms with Crippen LogP contribution < -0.4 is 9.47 Å². The molecule has 0 amide bonds. The van der Waals surface area contributed by atoms with Crippen LogP contribution in [0.5, 0.6) is 11.6 Å². The molecular weight excluding hydrogens is 334 g/mol. The van der Waals surface area contributed by atoms with E-state index in [1.54, 1.807) is 10.9 Å². The minimum absolute atomic E-state index is 0.149. The molecule has 0 atom stereocenters. The highest BCUT2D eigenvalue weighted by Crippen LogP contribution is 2.25. The summed E-state index contributed by atoms with van der Waals surface area (Å²) in [6, 6.07) is 5.41. The maximum Gasteiger partial charge on any atom is 0.213 e. The van der Waals surface area contributed by atoms with Gasteiger partial charge in [0.05, 0.1) is 18.9 Å². The fourth-order valence-electron chi connectivity index (χ4n) is 2.47. The van der Waals surface area contributed by atoms with Gasteiger partial charge in [-0.1, -0.05) is 6.07 Å². The van der Waals surface area contributed by atoms with Crippen LogP contribution >= 0.6 is 0 Å². The number of ether oxygens (including phenoxy) is 2. The largest absolute Gasteiger partial charge is 0.486 e. The molecule has 3 heterocycles. The van der Waals surface area contributed by atoms with Gasteiger partial charge in [-0.3, -0.25) is 9.78 Å². The third kappa shape index (κ3) is 3.53. The molecule has 0 aromatic carbocycles. The third-order valence-corrected chi connectivity index (χ3v) is 3.76. The van der Waals surface area contributed by atoms with Crippen LogP contribution in [-0.2, 0) is 6.61 Å². The summed E-state index contributed by atoms with van der Waals surface area (Å²) >= 11 is 0. The molecule has 0 aliphatic heterocycles. The number of hydrogen-bond acceptors (Lipinski definition) is 7. The van der Waals surface area contributed by atoms with Crippen molar-refractivity contribution < 1.29 is 14.3 Å². The first-order valence-electron chi connectivity index (χ1n) is 8.09. The summed E-state index contributed by atoms with van der Waals surface area (Å²) in [6.45, 7) is 4.26. The molecule has 0 aliphatic rings. The van der Waals surface area contributed by atoms with E-state index < -0.39 is 0 Å². The Kier molecular flexibility index (Phi) is 5.21. The Balaban J connectivity index is 1.88. The average molecular weight is 353 g/mol. The van der Waals surface area contributed by atoms with Gasteiger partial charge in [0.25, 0.3) is 0 Å². The molecule has 0 fully saturated rings. The molecule has 134 valence electrons. The lowest BCUT2D eigenvalue weighted by atomic mass is 10.2. The SMILES string of the molecule is COc1cc(C=O)c(OCc2cccnc2-c2ncnn2C(C)C)cn1. The quantitative estimate of drug-likeness (QED) is 0.603. The monoisotopic (exact) mass is 353 g/mol. The van der Waals surface area contributed by atoms with Gasteiger partial charge in [0, 0.05) is 23.9 Å². The van der Waals surface area contributed by atoms with Crippen molar-refractivity contribution in [2.24, 2.45) is 0 Å². The van der Waals surface area contributed by atoms with Crippen molar-refractivity contribution in [1.29, 1.82) is 0 Å². The third-order valence-electron chi connectivity index (χ3n) is 3.76. The second kappa shape index (κ2) is 7.73. The van der Waals surface area contributed by atoms with Gasteiger partial charge >= 0.3 is 0 Å². The molecule has 0 bridgehead atoms. The van der Waals surface area contributed by atoms with E-state index in [9.17, 15) is 4.79 Å². The maximum atomic E-state index is 11.3. The van der Waals surface area contributed by atoms with E-state index in [1.165, 1.54) is 25.7 Å². The van der Waals surface area contributed by atoms with Crippen molar-refractivity contribution in [3.63, 3.8) is 0 Å². The minimum Gasteiger partial charge on any atom is -0.486 e. The molecule has 26 heavy (non-hydrogen) atoms. The van der Waals surface area contributed by atoms with Crippen LogP contribution in [0.2, 0.25) is 0 Å². The lowest BCUT2D eigenvalue weighted by Gasteiger charge is -2.13. The number of aromatic nitrogens is 5. The predicted molar refractivity (Wildman–Crippen MR) is 94.1 cm³/mol. The molecule has 0 saturated carbocycles. The van der Waals surface area contributed by atoms with Crippen molar-refractivity contribution in [2.75, 3.05) is 7.11 Å². The van der Waals surface area contributed by atoms with Gasteiger partial charge < -0.3 is 9.47 Å². The summed E-state index contributed by atoms with van der Waals surface area (Å²) in [6.07, 6.45) is 5.38. The van der Waals surface area contributed by atoms with Gasteiger partial charge in [-0.2, -0.15) is 5.10 Å². The van der Waals surface area contributed by atoms with Crippen LogP contribution in [0.3, 0.4) is 0 Å². The van der Waals surface area contributed by atoms with Crippen LogP contribution in [0.15, 0.2) is 36.9 Å². The van der Waals surface area contributed by atoms with Gasteiger partial charge in [-0.25, -0.2) is 14.6 Å². The summed E-state index contributed by atoms with van der Waals surface area (Å²) in [4.78, 5) is 24.1. The predicted octanol–water partition coefficient (Wildman–Crippen LogP) is 2.72. The number of pyridine rings is 2. The number of carbonyl (C=O) groups is 1. The molecule has 0 spiro atoms. The van der Waals surface area contributed by atoms with Crippen molar-refractivity contribution in [3.05, 3.63) is 48.0 Å². The van der Waals surface area contributed by atoms with E-state index in [0.29, 0.717) is 35.0 Å². The Hall–Kier alpha value is -3.29. The summed E-state index contributed by atoms with van der Waals surface area (Å²) < 4.78 is 12.6. The second-order valence-corrected chi connectivity index (χ2v) is 5.80. The molecule has 8 nitrogen and oxygen atoms in total. The summed E-state index contributed by atoms with van der Waals surface area (Å²) in [5.41, 5.74) is 1.88. The lowest BCUT2D eigenvalue weighted by molar-refractivity contribution is 0.111. The minimum atomic E-state index is 0.149. The number of rotatable bonds is 7. The Morgan fingerprint density at radius 3 is 2.85 bits per heavy atom. The molecule has 0 radical (unpaired) electrons. The highest BCUT2D eigenvalue weighted by Gasteiger charge is 2.16. The molecule has 3 aromatic heterocycles. The van der Waals surface area contributed by atoms with Crippen LogP contribution in [0.4, 0.5) is 0 Å². The van der Waals surface area contributed by atoms with E-state index in [1.807, 2.05) is 26.0 Å². The Morgan fingerprint density at radius 2 is 2.12 bits per heavy atom. The Labute approximate surface area is 150 Å². The number of methoxy groups -OCH3 is 1. The smallest absolute Gasteiger partial charge is 0.213 e. The topological polar surface area (TPSA) is 92.0 Å². The number of nitrogens with zero attached hydrogens (tertiary/aromatic N) is 5. The van der Waals surface area contributed by atoms with Crippen LogP contribution in [-0.4, -0.2) is 38.1 Å². The summed E-state index contributed by atoms with van der Waals surface area (Å²) in [7, 11) is 1.49. The van der Waals surface area contributed by atoms with E-state index in [2.05, 4.69) is 20.1 Å². The highest BCUT2D eigenvalue weighted by atomic mass is 16.5. The summed E-state index contributed by atoms with van der Waals surface area (Å²) in [5, 5.41) is 4.25. The van der Waals surface area contributed by atoms with Crippen LogP contribution in [0.1, 0.15) is 35.8 Å². The lowest BCUT2D eigenvalue weighted by Crippen LogP contribution is -2.08. The number of aldehydes is 1. The van der Waals surface area contributed by atoms with Crippen LogP contribution in [0.25, 0.3) is 11.5 Å². The van der Waals surface area contributed by atoms with Gasteiger partial charge in [-0.15, -0.1) is 0 Å². The van der Waals surface area contributed by atoms with Crippen molar-refractivity contribution in [3.8, 4) is 23.1 Å². The van der Waals surface area contributed by atoms with Crippen molar-refractivity contribution >= 4 is 6.29 Å². The second-order valence-electron chi connectivity index (χ2n) is 5.80. The molecule has 8 heteroatoms. The first-order chi connectivity index (χ1) is 12.6. The number of hydrogen-bond donors (Lipinski definition) is 0. The molecular formula is C18H19N5O3. The highest BCUT2D eigenvalue weighted by molar-refractivity contribution is 5.79.